The molecule has 3 aromatic carbocycles. The molecule has 1 fully saturated rings. The lowest BCUT2D eigenvalue weighted by Crippen LogP contribution is -2.60. The minimum absolute atomic E-state index is 0.0291. The van der Waals surface area contributed by atoms with Crippen molar-refractivity contribution in [2.75, 3.05) is 13.1 Å². The molecule has 3 amide bonds. The zero-order chi connectivity index (χ0) is 47.7. The van der Waals surface area contributed by atoms with Gasteiger partial charge in [0.1, 0.15) is 22.7 Å². The highest BCUT2D eigenvalue weighted by Crippen LogP contribution is 2.55. The molecule has 4 rings (SSSR count). The maximum absolute atomic E-state index is 13.9. The Balaban J connectivity index is 1.83. The first-order chi connectivity index (χ1) is 29.0. The fraction of sp³-hybridized carbons (Fsp3) is 0.432. The van der Waals surface area contributed by atoms with E-state index in [1.807, 2.05) is 0 Å². The molecule has 1 aliphatic heterocycles. The highest BCUT2D eigenvalue weighted by atomic mass is 16.8. The Kier molecular flexibility index (Phi) is 14.4. The number of phenols is 8. The molecule has 1 heterocycles. The van der Waals surface area contributed by atoms with Gasteiger partial charge in [0.25, 0.3) is 0 Å². The van der Waals surface area contributed by atoms with Crippen LogP contribution in [0.25, 0.3) is 0 Å². The third-order valence-electron chi connectivity index (χ3n) is 10.2. The van der Waals surface area contributed by atoms with Crippen LogP contribution in [0.4, 0.5) is 4.79 Å². The molecule has 4 unspecified atom stereocenters. The maximum Gasteiger partial charge on any atom is 0.386 e. The van der Waals surface area contributed by atoms with Crippen LogP contribution in [-0.2, 0) is 33.7 Å². The number of phenolic OH excluding ortho intramolecular Hbond substituents is 8. The molecule has 26 nitrogen and oxygen atoms in total. The predicted molar refractivity (Wildman–Crippen MR) is 201 cm³/mol. The van der Waals surface area contributed by atoms with Gasteiger partial charge in [0.15, 0.2) is 28.7 Å². The monoisotopic (exact) mass is 901 g/mol. The number of hydrogen-bond donors (Lipinski definition) is 21. The molecule has 0 aromatic heterocycles. The van der Waals surface area contributed by atoms with Gasteiger partial charge in [-0.3, -0.25) is 9.59 Å². The number of hydrogen-bond acceptors (Lipinski definition) is 23. The van der Waals surface area contributed by atoms with Crippen molar-refractivity contribution < 1.29 is 116 Å². The van der Waals surface area contributed by atoms with Crippen LogP contribution in [0.5, 0.6) is 51.7 Å². The summed E-state index contributed by atoms with van der Waals surface area (Å²) in [6, 6.07) is 2.81. The van der Waals surface area contributed by atoms with E-state index in [0.29, 0.717) is 6.42 Å². The van der Waals surface area contributed by atoms with Gasteiger partial charge in [0.05, 0.1) is 12.1 Å². The van der Waals surface area contributed by atoms with Crippen molar-refractivity contribution >= 4 is 17.7 Å². The summed E-state index contributed by atoms with van der Waals surface area (Å²) in [5.74, 6) is -38.1. The minimum Gasteiger partial charge on any atom is -0.504 e. The molecule has 0 aliphatic carbocycles. The average molecular weight is 902 g/mol. The number of nitrogens with one attached hydrogen (secondary N) is 2. The number of ketones is 1. The van der Waals surface area contributed by atoms with E-state index in [1.54, 1.807) is 0 Å². The van der Waals surface area contributed by atoms with Gasteiger partial charge in [-0.15, -0.1) is 0 Å². The topological polar surface area (TPSA) is 472 Å². The summed E-state index contributed by atoms with van der Waals surface area (Å²) in [5.41, 5.74) is -5.35. The largest absolute Gasteiger partial charge is 0.504 e. The quantitative estimate of drug-likeness (QED) is 0.0326. The van der Waals surface area contributed by atoms with Crippen molar-refractivity contribution in [3.63, 3.8) is 0 Å². The number of ether oxygens (including phenoxy) is 1. The Morgan fingerprint density at radius 3 is 1.70 bits per heavy atom. The minimum atomic E-state index is -4.46. The first-order valence-electron chi connectivity index (χ1n) is 18.5. The van der Waals surface area contributed by atoms with E-state index in [4.69, 9.17) is 0 Å². The highest BCUT2D eigenvalue weighted by molar-refractivity contribution is 5.88. The van der Waals surface area contributed by atoms with Gasteiger partial charge in [-0.2, -0.15) is 0 Å². The Morgan fingerprint density at radius 1 is 0.746 bits per heavy atom. The highest BCUT2D eigenvalue weighted by Gasteiger charge is 2.50. The van der Waals surface area contributed by atoms with Gasteiger partial charge in [0, 0.05) is 19.5 Å². The van der Waals surface area contributed by atoms with Crippen LogP contribution in [0.2, 0.25) is 0 Å². The molecule has 3 aromatic rings. The van der Waals surface area contributed by atoms with Gasteiger partial charge in [-0.05, 0) is 37.2 Å². The zero-order valence-corrected chi connectivity index (χ0v) is 32.7. The second-order valence-electron chi connectivity index (χ2n) is 14.6. The van der Waals surface area contributed by atoms with E-state index < -0.39 is 153 Å². The number of carbonyl (C=O) groups is 3. The van der Waals surface area contributed by atoms with Crippen LogP contribution in [-0.4, -0.2) is 157 Å². The van der Waals surface area contributed by atoms with Crippen LogP contribution in [0.1, 0.15) is 54.9 Å². The number of aliphatic hydroxyl groups excluding tert-OH is 1. The summed E-state index contributed by atoms with van der Waals surface area (Å²) >= 11 is 0. The molecule has 1 aliphatic rings. The molecule has 0 saturated carbocycles. The molecule has 26 heteroatoms. The molecule has 0 spiro atoms. The summed E-state index contributed by atoms with van der Waals surface area (Å²) in [7, 11) is 0. The number of amides is 3. The van der Waals surface area contributed by atoms with Gasteiger partial charge in [-0.25, -0.2) is 4.79 Å². The molecule has 63 heavy (non-hydrogen) atoms. The molecule has 4 atom stereocenters. The Morgan fingerprint density at radius 2 is 1.22 bits per heavy atom. The first kappa shape index (κ1) is 49.5. The lowest BCUT2D eigenvalue weighted by atomic mass is 9.83. The number of urea groups is 1. The molecular formula is C37H47N3O23. The van der Waals surface area contributed by atoms with E-state index in [2.05, 4.69) is 15.4 Å². The first-order valence-corrected chi connectivity index (χ1v) is 18.5. The zero-order valence-electron chi connectivity index (χ0n) is 32.7. The number of nitrogens with zero attached hydrogens (tertiary/aromatic N) is 1. The number of benzene rings is 3. The van der Waals surface area contributed by atoms with Crippen molar-refractivity contribution in [1.82, 2.24) is 15.5 Å². The number of Topliss-reactive ketones (excluding diaryl/α,β-unsaturated/α-hetero) is 1. The standard InChI is InChI=1S/C37H47N3O23/c1-2-16(40-10-6-9-38-33(40)52)32(51)39-18(34(53,54)20-23(43)28(48)30(50)29(49)24(20)44)13-17(41)15(11-14-7-4-3-5-8-14)12-19(42)37(61,62)63-31-21(35(55,56)57)25(45)27(47)26(46)22(31)36(58,59)60/h3-5,7-8,15-18,41,43-50,53-62H,2,6,9-13H2,1H3,(H,38,52)(H,39,51). The molecule has 21 N–H and O–H groups in total. The lowest BCUT2D eigenvalue weighted by molar-refractivity contribution is -0.333. The second kappa shape index (κ2) is 18.3. The summed E-state index contributed by atoms with van der Waals surface area (Å²) in [4.78, 5) is 41.3. The Bertz CT molecular complexity index is 2120. The number of aromatic hydroxyl groups is 8. The average Bonchev–Trinajstić information content (AvgIpc) is 3.18. The smallest absolute Gasteiger partial charge is 0.386 e. The van der Waals surface area contributed by atoms with Crippen molar-refractivity contribution in [2.24, 2.45) is 5.92 Å². The van der Waals surface area contributed by atoms with Gasteiger partial charge < -0.3 is 117 Å². The predicted octanol–water partition coefficient (Wildman–Crippen LogP) is -4.39. The number of carbonyl (C=O) groups excluding carboxylic acids is 3. The summed E-state index contributed by atoms with van der Waals surface area (Å²) in [6.07, 6.45) is -5.04. The summed E-state index contributed by atoms with van der Waals surface area (Å²) in [6.45, 7) is 1.74. The van der Waals surface area contributed by atoms with E-state index in [0.717, 1.165) is 4.90 Å². The third-order valence-corrected chi connectivity index (χ3v) is 10.2. The van der Waals surface area contributed by atoms with Crippen LogP contribution in [0.3, 0.4) is 0 Å². The Labute approximate surface area is 353 Å². The molecule has 348 valence electrons. The van der Waals surface area contributed by atoms with Gasteiger partial charge in [0.2, 0.25) is 40.5 Å². The van der Waals surface area contributed by atoms with Crippen molar-refractivity contribution in [3.8, 4) is 51.7 Å². The molecule has 0 radical (unpaired) electrons. The normalized spacial score (nSPS) is 15.9. The Hall–Kier alpha value is -6.17. The third kappa shape index (κ3) is 10.2. The molecule has 1 saturated heterocycles. The van der Waals surface area contributed by atoms with Crippen molar-refractivity contribution in [1.29, 1.82) is 0 Å². The van der Waals surface area contributed by atoms with Crippen LogP contribution < -0.4 is 15.4 Å². The van der Waals surface area contributed by atoms with E-state index in [9.17, 15) is 111 Å². The van der Waals surface area contributed by atoms with E-state index >= 15 is 0 Å². The van der Waals surface area contributed by atoms with E-state index in [-0.39, 0.29) is 25.1 Å². The lowest BCUT2D eigenvalue weighted by Gasteiger charge is -2.38. The van der Waals surface area contributed by atoms with Gasteiger partial charge in [-0.1, -0.05) is 37.3 Å². The maximum atomic E-state index is 13.9. The van der Waals surface area contributed by atoms with Crippen molar-refractivity contribution in [3.05, 3.63) is 52.6 Å². The fourth-order valence-electron chi connectivity index (χ4n) is 6.97. The van der Waals surface area contributed by atoms with Crippen LogP contribution in [0, 0.1) is 5.92 Å². The number of rotatable bonds is 18. The molecule has 0 bridgehead atoms. The van der Waals surface area contributed by atoms with Gasteiger partial charge >= 0.3 is 24.0 Å². The summed E-state index contributed by atoms with van der Waals surface area (Å²) in [5, 5.41) is 203. The number of aliphatic hydroxyl groups is 11. The summed E-state index contributed by atoms with van der Waals surface area (Å²) < 4.78 is 4.63. The van der Waals surface area contributed by atoms with Crippen LogP contribution in [0.15, 0.2) is 30.3 Å². The fourth-order valence-corrected chi connectivity index (χ4v) is 6.97. The van der Waals surface area contributed by atoms with Crippen LogP contribution >= 0.6 is 0 Å². The van der Waals surface area contributed by atoms with Crippen molar-refractivity contribution in [2.45, 2.75) is 80.9 Å². The second-order valence-corrected chi connectivity index (χ2v) is 14.6. The molecular weight excluding hydrogens is 854 g/mol. The SMILES string of the molecule is CCC(C(=O)NC(CC(O)C(CC(=O)C(O)(O)Oc1c(C(O)(O)O)c(O)c(O)c(O)c1C(O)(O)O)Cc1ccccc1)C(O)(O)c1c(O)c(O)c(O)c(O)c1O)N1CCCNC1=O. The van der Waals surface area contributed by atoms with E-state index in [1.165, 1.54) is 37.3 Å².